The number of hydrogen-bond donors (Lipinski definition) is 3. The number of amides is 1. The minimum atomic E-state index is -0.467. The SMILES string of the molecule is CN[C@H](C(=O)Nc1ccc2[nH]ncc2c1)c1cccc(OC)c1. The van der Waals surface area contributed by atoms with Crippen molar-refractivity contribution in [3.05, 3.63) is 54.2 Å². The van der Waals surface area contributed by atoms with E-state index in [0.29, 0.717) is 0 Å². The molecular formula is C17H18N4O2. The Labute approximate surface area is 133 Å². The number of aromatic nitrogens is 2. The summed E-state index contributed by atoms with van der Waals surface area (Å²) < 4.78 is 5.22. The van der Waals surface area contributed by atoms with Crippen LogP contribution in [-0.2, 0) is 4.79 Å². The molecule has 6 heteroatoms. The molecule has 1 atom stereocenters. The van der Waals surface area contributed by atoms with Crippen LogP contribution in [0.2, 0.25) is 0 Å². The van der Waals surface area contributed by atoms with Crippen LogP contribution in [0.3, 0.4) is 0 Å². The third-order valence-corrected chi connectivity index (χ3v) is 3.69. The van der Waals surface area contributed by atoms with Gasteiger partial charge in [0.05, 0.1) is 18.8 Å². The molecule has 2 aromatic carbocycles. The largest absolute Gasteiger partial charge is 0.497 e. The van der Waals surface area contributed by atoms with Crippen LogP contribution in [-0.4, -0.2) is 30.3 Å². The number of fused-ring (bicyclic) bond motifs is 1. The van der Waals surface area contributed by atoms with Gasteiger partial charge in [-0.05, 0) is 42.9 Å². The molecule has 118 valence electrons. The van der Waals surface area contributed by atoms with Gasteiger partial charge in [0.1, 0.15) is 11.8 Å². The third kappa shape index (κ3) is 3.17. The molecule has 1 heterocycles. The lowest BCUT2D eigenvalue weighted by Gasteiger charge is -2.17. The Hall–Kier alpha value is -2.86. The number of hydrogen-bond acceptors (Lipinski definition) is 4. The Balaban J connectivity index is 1.81. The molecule has 1 amide bonds. The number of methoxy groups -OCH3 is 1. The van der Waals surface area contributed by atoms with Crippen LogP contribution in [0.4, 0.5) is 5.69 Å². The number of nitrogens with zero attached hydrogens (tertiary/aromatic N) is 1. The molecule has 0 aliphatic rings. The zero-order valence-corrected chi connectivity index (χ0v) is 13.0. The summed E-state index contributed by atoms with van der Waals surface area (Å²) >= 11 is 0. The van der Waals surface area contributed by atoms with E-state index in [1.807, 2.05) is 42.5 Å². The minimum absolute atomic E-state index is 0.136. The second kappa shape index (κ2) is 6.50. The monoisotopic (exact) mass is 310 g/mol. The molecule has 0 saturated heterocycles. The predicted octanol–water partition coefficient (Wildman–Crippen LogP) is 2.47. The lowest BCUT2D eigenvalue weighted by atomic mass is 10.1. The molecule has 0 fully saturated rings. The van der Waals surface area contributed by atoms with Gasteiger partial charge in [-0.2, -0.15) is 5.10 Å². The number of ether oxygens (including phenoxy) is 1. The van der Waals surface area contributed by atoms with Crippen molar-refractivity contribution in [2.75, 3.05) is 19.5 Å². The first kappa shape index (κ1) is 15.1. The molecule has 23 heavy (non-hydrogen) atoms. The van der Waals surface area contributed by atoms with E-state index >= 15 is 0 Å². The van der Waals surface area contributed by atoms with Gasteiger partial charge in [0.25, 0.3) is 0 Å². The van der Waals surface area contributed by atoms with Crippen LogP contribution >= 0.6 is 0 Å². The number of carbonyl (C=O) groups excluding carboxylic acids is 1. The van der Waals surface area contributed by atoms with E-state index in [1.165, 1.54) is 0 Å². The Morgan fingerprint density at radius 3 is 2.91 bits per heavy atom. The summed E-state index contributed by atoms with van der Waals surface area (Å²) in [5, 5.41) is 13.8. The van der Waals surface area contributed by atoms with Gasteiger partial charge >= 0.3 is 0 Å². The van der Waals surface area contributed by atoms with Gasteiger partial charge in [0.15, 0.2) is 0 Å². The molecular weight excluding hydrogens is 292 g/mol. The predicted molar refractivity (Wildman–Crippen MR) is 89.5 cm³/mol. The highest BCUT2D eigenvalue weighted by Crippen LogP contribution is 2.22. The van der Waals surface area contributed by atoms with Crippen molar-refractivity contribution in [2.24, 2.45) is 0 Å². The summed E-state index contributed by atoms with van der Waals surface area (Å²) in [7, 11) is 3.36. The summed E-state index contributed by atoms with van der Waals surface area (Å²) in [5.74, 6) is 0.582. The molecule has 3 aromatic rings. The summed E-state index contributed by atoms with van der Waals surface area (Å²) in [6, 6.07) is 12.6. The van der Waals surface area contributed by atoms with Gasteiger partial charge < -0.3 is 15.4 Å². The van der Waals surface area contributed by atoms with Gasteiger partial charge in [-0.3, -0.25) is 9.89 Å². The van der Waals surface area contributed by atoms with Crippen LogP contribution in [0.25, 0.3) is 10.9 Å². The maximum atomic E-state index is 12.6. The molecule has 0 unspecified atom stereocenters. The Kier molecular flexibility index (Phi) is 4.25. The smallest absolute Gasteiger partial charge is 0.246 e. The average Bonchev–Trinajstić information content (AvgIpc) is 3.03. The first-order chi connectivity index (χ1) is 11.2. The molecule has 0 saturated carbocycles. The van der Waals surface area contributed by atoms with E-state index in [-0.39, 0.29) is 5.91 Å². The number of rotatable bonds is 5. The lowest BCUT2D eigenvalue weighted by Crippen LogP contribution is -2.30. The molecule has 0 aliphatic heterocycles. The van der Waals surface area contributed by atoms with Crippen molar-refractivity contribution in [3.8, 4) is 5.75 Å². The van der Waals surface area contributed by atoms with E-state index in [9.17, 15) is 4.79 Å². The Bertz CT molecular complexity index is 828. The number of likely N-dealkylation sites (N-methyl/N-ethyl adjacent to an activating group) is 1. The van der Waals surface area contributed by atoms with Crippen LogP contribution in [0.15, 0.2) is 48.7 Å². The molecule has 0 bridgehead atoms. The molecule has 3 N–H and O–H groups in total. The van der Waals surface area contributed by atoms with E-state index in [2.05, 4.69) is 20.8 Å². The van der Waals surface area contributed by atoms with Crippen molar-refractivity contribution in [2.45, 2.75) is 6.04 Å². The third-order valence-electron chi connectivity index (χ3n) is 3.69. The number of anilines is 1. The number of aromatic amines is 1. The number of nitrogens with one attached hydrogen (secondary N) is 3. The lowest BCUT2D eigenvalue weighted by molar-refractivity contribution is -0.118. The fourth-order valence-corrected chi connectivity index (χ4v) is 2.51. The first-order valence-electron chi connectivity index (χ1n) is 7.26. The average molecular weight is 310 g/mol. The molecule has 6 nitrogen and oxygen atoms in total. The Morgan fingerprint density at radius 2 is 2.13 bits per heavy atom. The minimum Gasteiger partial charge on any atom is -0.497 e. The zero-order chi connectivity index (χ0) is 16.2. The summed E-state index contributed by atoms with van der Waals surface area (Å²) in [6.45, 7) is 0. The standard InChI is InChI=1S/C17H18N4O2/c1-18-16(11-4-3-5-14(9-11)23-2)17(22)20-13-6-7-15-12(8-13)10-19-21-15/h3-10,16,18H,1-2H3,(H,19,21)(H,20,22)/t16-/m0/s1. The highest BCUT2D eigenvalue weighted by molar-refractivity contribution is 5.97. The summed E-state index contributed by atoms with van der Waals surface area (Å²) in [6.07, 6.45) is 1.72. The first-order valence-corrected chi connectivity index (χ1v) is 7.26. The van der Waals surface area contributed by atoms with E-state index in [1.54, 1.807) is 20.4 Å². The van der Waals surface area contributed by atoms with Crippen LogP contribution < -0.4 is 15.4 Å². The van der Waals surface area contributed by atoms with Gasteiger partial charge in [-0.1, -0.05) is 12.1 Å². The number of carbonyl (C=O) groups is 1. The fourth-order valence-electron chi connectivity index (χ4n) is 2.51. The molecule has 0 spiro atoms. The maximum Gasteiger partial charge on any atom is 0.246 e. The van der Waals surface area contributed by atoms with Gasteiger partial charge in [-0.15, -0.1) is 0 Å². The highest BCUT2D eigenvalue weighted by atomic mass is 16.5. The molecule has 3 rings (SSSR count). The van der Waals surface area contributed by atoms with Gasteiger partial charge in [0, 0.05) is 11.1 Å². The van der Waals surface area contributed by atoms with Crippen molar-refractivity contribution >= 4 is 22.5 Å². The van der Waals surface area contributed by atoms with Crippen LogP contribution in [0, 0.1) is 0 Å². The van der Waals surface area contributed by atoms with Crippen LogP contribution in [0.5, 0.6) is 5.75 Å². The van der Waals surface area contributed by atoms with Gasteiger partial charge in [-0.25, -0.2) is 0 Å². The fraction of sp³-hybridized carbons (Fsp3) is 0.176. The Morgan fingerprint density at radius 1 is 1.26 bits per heavy atom. The van der Waals surface area contributed by atoms with E-state index in [4.69, 9.17) is 4.74 Å². The highest BCUT2D eigenvalue weighted by Gasteiger charge is 2.19. The molecule has 0 radical (unpaired) electrons. The van der Waals surface area contributed by atoms with Crippen molar-refractivity contribution in [1.82, 2.24) is 15.5 Å². The second-order valence-corrected chi connectivity index (χ2v) is 5.16. The van der Waals surface area contributed by atoms with E-state index in [0.717, 1.165) is 27.9 Å². The summed E-state index contributed by atoms with van der Waals surface area (Å²) in [5.41, 5.74) is 2.50. The normalized spacial score (nSPS) is 12.1. The number of H-pyrrole nitrogens is 1. The van der Waals surface area contributed by atoms with Crippen molar-refractivity contribution < 1.29 is 9.53 Å². The van der Waals surface area contributed by atoms with Gasteiger partial charge in [0.2, 0.25) is 5.91 Å². The summed E-state index contributed by atoms with van der Waals surface area (Å²) in [4.78, 5) is 12.6. The molecule has 1 aromatic heterocycles. The van der Waals surface area contributed by atoms with Crippen molar-refractivity contribution in [3.63, 3.8) is 0 Å². The van der Waals surface area contributed by atoms with Crippen molar-refractivity contribution in [1.29, 1.82) is 0 Å². The number of benzene rings is 2. The quantitative estimate of drug-likeness (QED) is 0.676. The van der Waals surface area contributed by atoms with Crippen LogP contribution in [0.1, 0.15) is 11.6 Å². The maximum absolute atomic E-state index is 12.6. The topological polar surface area (TPSA) is 79.0 Å². The van der Waals surface area contributed by atoms with E-state index < -0.39 is 6.04 Å². The zero-order valence-electron chi connectivity index (χ0n) is 13.0. The second-order valence-electron chi connectivity index (χ2n) is 5.16. The molecule has 0 aliphatic carbocycles.